The van der Waals surface area contributed by atoms with Crippen molar-refractivity contribution in [2.24, 2.45) is 5.73 Å². The second kappa shape index (κ2) is 5.90. The lowest BCUT2D eigenvalue weighted by Crippen LogP contribution is -2.44. The van der Waals surface area contributed by atoms with Gasteiger partial charge in [-0.05, 0) is 38.8 Å². The molecule has 1 unspecified atom stereocenters. The summed E-state index contributed by atoms with van der Waals surface area (Å²) in [6, 6.07) is 1.74. The highest BCUT2D eigenvalue weighted by Crippen LogP contribution is 2.24. The number of primary amides is 1. The van der Waals surface area contributed by atoms with Crippen molar-refractivity contribution in [3.63, 3.8) is 0 Å². The van der Waals surface area contributed by atoms with Crippen LogP contribution in [0.25, 0.3) is 0 Å². The van der Waals surface area contributed by atoms with Crippen LogP contribution in [-0.2, 0) is 4.79 Å². The molecule has 1 aromatic rings. The van der Waals surface area contributed by atoms with E-state index in [1.165, 1.54) is 0 Å². The number of aliphatic carboxylic acids is 1. The number of nitrogens with two attached hydrogens (primary N) is 1. The maximum atomic E-state index is 11.6. The third-order valence-electron chi connectivity index (χ3n) is 3.21. The van der Waals surface area contributed by atoms with Gasteiger partial charge in [-0.3, -0.25) is 4.79 Å². The van der Waals surface area contributed by atoms with Crippen molar-refractivity contribution >= 4 is 17.7 Å². The third-order valence-corrected chi connectivity index (χ3v) is 3.21. The first-order valence-corrected chi connectivity index (χ1v) is 6.51. The summed E-state index contributed by atoms with van der Waals surface area (Å²) in [5.41, 5.74) is 5.79. The topological polar surface area (TPSA) is 105 Å². The minimum atomic E-state index is -1.19. The van der Waals surface area contributed by atoms with Gasteiger partial charge in [0.15, 0.2) is 0 Å². The van der Waals surface area contributed by atoms with E-state index in [-0.39, 0.29) is 11.4 Å². The predicted octanol–water partition coefficient (Wildman–Crippen LogP) is 1.85. The molecule has 0 bridgehead atoms. The van der Waals surface area contributed by atoms with E-state index in [4.69, 9.17) is 5.73 Å². The maximum absolute atomic E-state index is 11.6. The molecule has 110 valence electrons. The van der Waals surface area contributed by atoms with E-state index in [1.54, 1.807) is 26.8 Å². The molecule has 1 rings (SSSR count). The van der Waals surface area contributed by atoms with Crippen LogP contribution in [0.1, 0.15) is 48.3 Å². The Morgan fingerprint density at radius 1 is 1.45 bits per heavy atom. The highest BCUT2D eigenvalue weighted by molar-refractivity contribution is 5.99. The maximum Gasteiger partial charge on any atom is 0.329 e. The molecule has 0 radical (unpaired) electrons. The second-order valence-corrected chi connectivity index (χ2v) is 5.18. The molecule has 0 saturated carbocycles. The monoisotopic (exact) mass is 279 g/mol. The van der Waals surface area contributed by atoms with Crippen molar-refractivity contribution < 1.29 is 14.7 Å². The summed E-state index contributed by atoms with van der Waals surface area (Å²) >= 11 is 0. The largest absolute Gasteiger partial charge is 0.480 e. The zero-order valence-corrected chi connectivity index (χ0v) is 12.3. The Hall–Kier alpha value is -2.11. The Morgan fingerprint density at radius 3 is 2.50 bits per heavy atom. The van der Waals surface area contributed by atoms with E-state index in [2.05, 4.69) is 10.3 Å². The summed E-state index contributed by atoms with van der Waals surface area (Å²) in [4.78, 5) is 27.3. The van der Waals surface area contributed by atoms with E-state index in [9.17, 15) is 14.7 Å². The Balaban J connectivity index is 3.32. The van der Waals surface area contributed by atoms with E-state index >= 15 is 0 Å². The third kappa shape index (κ3) is 3.26. The summed E-state index contributed by atoms with van der Waals surface area (Å²) in [6.07, 6.45) is 1.10. The first kappa shape index (κ1) is 15.9. The quantitative estimate of drug-likeness (QED) is 0.737. The lowest BCUT2D eigenvalue weighted by Gasteiger charge is -2.27. The van der Waals surface area contributed by atoms with E-state index in [0.717, 1.165) is 0 Å². The number of aryl methyl sites for hydroxylation is 2. The normalized spacial score (nSPS) is 13.6. The van der Waals surface area contributed by atoms with E-state index in [0.29, 0.717) is 24.1 Å². The standard InChI is InChI=1S/C14H21N3O3/c1-5-6-14(4,13(19)20)17-12-10(11(15)18)8(2)7-9(3)16-12/h7H,5-6H2,1-4H3,(H2,15,18)(H,16,17)(H,19,20). The molecule has 20 heavy (non-hydrogen) atoms. The van der Waals surface area contributed by atoms with Gasteiger partial charge in [0.25, 0.3) is 5.91 Å². The lowest BCUT2D eigenvalue weighted by molar-refractivity contribution is -0.142. The number of carboxylic acids is 1. The number of carbonyl (C=O) groups excluding carboxylic acids is 1. The lowest BCUT2D eigenvalue weighted by atomic mass is 9.95. The molecule has 0 aliphatic heterocycles. The van der Waals surface area contributed by atoms with Gasteiger partial charge in [-0.25, -0.2) is 9.78 Å². The number of nitrogens with one attached hydrogen (secondary N) is 1. The number of aromatic nitrogens is 1. The summed E-state index contributed by atoms with van der Waals surface area (Å²) in [7, 11) is 0. The minimum absolute atomic E-state index is 0.230. The Labute approximate surface area is 118 Å². The summed E-state index contributed by atoms with van der Waals surface area (Å²) in [5.74, 6) is -1.38. The fourth-order valence-corrected chi connectivity index (χ4v) is 2.22. The molecule has 1 atom stereocenters. The molecule has 0 spiro atoms. The zero-order chi connectivity index (χ0) is 15.5. The smallest absolute Gasteiger partial charge is 0.329 e. The van der Waals surface area contributed by atoms with Crippen LogP contribution in [0.5, 0.6) is 0 Å². The Bertz CT molecular complexity index is 543. The Kier molecular flexibility index (Phi) is 4.70. The highest BCUT2D eigenvalue weighted by Gasteiger charge is 2.33. The average molecular weight is 279 g/mol. The molecule has 1 aromatic heterocycles. The number of anilines is 1. The van der Waals surface area contributed by atoms with Crippen molar-refractivity contribution in [1.82, 2.24) is 4.98 Å². The molecule has 0 fully saturated rings. The second-order valence-electron chi connectivity index (χ2n) is 5.18. The van der Waals surface area contributed by atoms with Gasteiger partial charge < -0.3 is 16.2 Å². The number of hydrogen-bond donors (Lipinski definition) is 3. The minimum Gasteiger partial charge on any atom is -0.480 e. The van der Waals surface area contributed by atoms with Gasteiger partial charge >= 0.3 is 5.97 Å². The summed E-state index contributed by atoms with van der Waals surface area (Å²) in [6.45, 7) is 6.99. The van der Waals surface area contributed by atoms with Crippen LogP contribution in [-0.4, -0.2) is 27.5 Å². The van der Waals surface area contributed by atoms with Crippen molar-refractivity contribution in [2.75, 3.05) is 5.32 Å². The predicted molar refractivity (Wildman–Crippen MR) is 76.8 cm³/mol. The van der Waals surface area contributed by atoms with Crippen molar-refractivity contribution in [3.8, 4) is 0 Å². The molecule has 6 nitrogen and oxygen atoms in total. The van der Waals surface area contributed by atoms with Crippen LogP contribution in [0.4, 0.5) is 5.82 Å². The van der Waals surface area contributed by atoms with Crippen LogP contribution in [0, 0.1) is 13.8 Å². The van der Waals surface area contributed by atoms with Crippen LogP contribution in [0.15, 0.2) is 6.07 Å². The van der Waals surface area contributed by atoms with Crippen molar-refractivity contribution in [1.29, 1.82) is 0 Å². The number of hydrogen-bond acceptors (Lipinski definition) is 4. The molecular weight excluding hydrogens is 258 g/mol. The number of nitrogens with zero attached hydrogens (tertiary/aromatic N) is 1. The van der Waals surface area contributed by atoms with Gasteiger partial charge in [-0.2, -0.15) is 0 Å². The fraction of sp³-hybridized carbons (Fsp3) is 0.500. The average Bonchev–Trinajstić information content (AvgIpc) is 2.26. The molecule has 0 aliphatic rings. The fourth-order valence-electron chi connectivity index (χ4n) is 2.22. The molecule has 4 N–H and O–H groups in total. The first-order chi connectivity index (χ1) is 9.21. The van der Waals surface area contributed by atoms with Gasteiger partial charge in [0.2, 0.25) is 0 Å². The van der Waals surface area contributed by atoms with Gasteiger partial charge in [0.05, 0.1) is 5.56 Å². The summed E-state index contributed by atoms with van der Waals surface area (Å²) in [5, 5.41) is 12.3. The number of amides is 1. The van der Waals surface area contributed by atoms with Gasteiger partial charge in [-0.1, -0.05) is 13.3 Å². The molecule has 0 aliphatic carbocycles. The van der Waals surface area contributed by atoms with E-state index in [1.807, 2.05) is 6.92 Å². The molecular formula is C14H21N3O3. The Morgan fingerprint density at radius 2 is 2.05 bits per heavy atom. The molecule has 1 amide bonds. The van der Waals surface area contributed by atoms with Crippen LogP contribution in [0.2, 0.25) is 0 Å². The highest BCUT2D eigenvalue weighted by atomic mass is 16.4. The molecule has 0 aromatic carbocycles. The van der Waals surface area contributed by atoms with E-state index < -0.39 is 17.4 Å². The zero-order valence-electron chi connectivity index (χ0n) is 12.3. The molecule has 1 heterocycles. The van der Waals surface area contributed by atoms with Gasteiger partial charge in [-0.15, -0.1) is 0 Å². The number of pyridine rings is 1. The summed E-state index contributed by atoms with van der Waals surface area (Å²) < 4.78 is 0. The SMILES string of the molecule is CCCC(C)(Nc1nc(C)cc(C)c1C(N)=O)C(=O)O. The number of carbonyl (C=O) groups is 2. The number of rotatable bonds is 6. The first-order valence-electron chi connectivity index (χ1n) is 6.51. The molecule has 0 saturated heterocycles. The van der Waals surface area contributed by atoms with Crippen LogP contribution >= 0.6 is 0 Å². The molecule has 6 heteroatoms. The van der Waals surface area contributed by atoms with Crippen LogP contribution < -0.4 is 11.1 Å². The van der Waals surface area contributed by atoms with Gasteiger partial charge in [0.1, 0.15) is 11.4 Å². The van der Waals surface area contributed by atoms with Gasteiger partial charge in [0, 0.05) is 5.69 Å². The van der Waals surface area contributed by atoms with Crippen molar-refractivity contribution in [2.45, 2.75) is 46.1 Å². The number of carboxylic acid groups (broad SMARTS) is 1. The van der Waals surface area contributed by atoms with Crippen LogP contribution in [0.3, 0.4) is 0 Å². The van der Waals surface area contributed by atoms with Crippen molar-refractivity contribution in [3.05, 3.63) is 22.9 Å².